The number of piperidine rings is 1. The summed E-state index contributed by atoms with van der Waals surface area (Å²) in [4.78, 5) is 16.3. The molecule has 1 saturated heterocycles. The number of hydrogen-bond donors (Lipinski definition) is 1. The first-order chi connectivity index (χ1) is 8.74. The van der Waals surface area contributed by atoms with E-state index in [-0.39, 0.29) is 11.4 Å². The molecule has 112 valence electrons. The molecule has 1 rings (SSSR count). The molecule has 1 aliphatic heterocycles. The highest BCUT2D eigenvalue weighted by atomic mass is 35.5. The number of amides is 1. The van der Waals surface area contributed by atoms with Crippen LogP contribution in [0.1, 0.15) is 33.6 Å². The molecular weight excluding hydrogens is 262 g/mol. The Morgan fingerprint density at radius 3 is 2.37 bits per heavy atom. The third kappa shape index (κ3) is 4.93. The molecule has 1 aliphatic rings. The summed E-state index contributed by atoms with van der Waals surface area (Å²) >= 11 is 5.77. The summed E-state index contributed by atoms with van der Waals surface area (Å²) in [5.74, 6) is -0.0853. The van der Waals surface area contributed by atoms with Crippen LogP contribution in [0.4, 0.5) is 0 Å². The maximum atomic E-state index is 11.5. The smallest absolute Gasteiger partial charge is 0.237 e. The lowest BCUT2D eigenvalue weighted by atomic mass is 9.96. The minimum Gasteiger partial charge on any atom is -0.353 e. The first-order valence-electron chi connectivity index (χ1n) is 7.07. The third-order valence-corrected chi connectivity index (χ3v) is 4.31. The second-order valence-corrected chi connectivity index (χ2v) is 6.98. The zero-order valence-electron chi connectivity index (χ0n) is 12.9. The molecule has 0 aromatic rings. The Morgan fingerprint density at radius 2 is 1.95 bits per heavy atom. The lowest BCUT2D eigenvalue weighted by molar-refractivity contribution is -0.121. The molecule has 1 heterocycles. The van der Waals surface area contributed by atoms with Gasteiger partial charge in [0, 0.05) is 31.2 Å². The van der Waals surface area contributed by atoms with Crippen molar-refractivity contribution in [2.24, 2.45) is 0 Å². The van der Waals surface area contributed by atoms with Crippen LogP contribution in [0, 0.1) is 0 Å². The summed E-state index contributed by atoms with van der Waals surface area (Å²) in [6, 6.07) is 0.685. The van der Waals surface area contributed by atoms with Crippen molar-refractivity contribution in [3.8, 4) is 0 Å². The molecule has 0 radical (unpaired) electrons. The molecule has 0 saturated carbocycles. The fraction of sp³-hybridized carbons (Fsp3) is 0.929. The fourth-order valence-corrected chi connectivity index (χ4v) is 2.62. The lowest BCUT2D eigenvalue weighted by Gasteiger charge is -2.44. The van der Waals surface area contributed by atoms with Gasteiger partial charge in [-0.25, -0.2) is 0 Å². The van der Waals surface area contributed by atoms with Crippen LogP contribution in [0.25, 0.3) is 0 Å². The van der Waals surface area contributed by atoms with E-state index in [1.807, 2.05) is 0 Å². The Balaban J connectivity index is 2.44. The van der Waals surface area contributed by atoms with Crippen molar-refractivity contribution in [2.45, 2.75) is 50.6 Å². The highest BCUT2D eigenvalue weighted by Gasteiger charge is 2.31. The van der Waals surface area contributed by atoms with Crippen molar-refractivity contribution in [3.63, 3.8) is 0 Å². The second-order valence-electron chi connectivity index (χ2n) is 6.33. The zero-order chi connectivity index (χ0) is 14.6. The van der Waals surface area contributed by atoms with Crippen molar-refractivity contribution >= 4 is 17.5 Å². The number of nitrogens with zero attached hydrogens (tertiary/aromatic N) is 2. The van der Waals surface area contributed by atoms with Crippen molar-refractivity contribution in [1.82, 2.24) is 15.1 Å². The molecule has 1 unspecified atom stereocenters. The fourth-order valence-electron chi connectivity index (χ4n) is 2.54. The van der Waals surface area contributed by atoms with Crippen molar-refractivity contribution in [2.75, 3.05) is 33.7 Å². The monoisotopic (exact) mass is 289 g/mol. The SMILES string of the molecule is CC(Cl)C(=O)NCC(C)(C)N1CCC(N(C)C)CC1. The van der Waals surface area contributed by atoms with Gasteiger partial charge >= 0.3 is 0 Å². The number of carbonyl (C=O) groups is 1. The van der Waals surface area contributed by atoms with Crippen LogP contribution >= 0.6 is 11.6 Å². The highest BCUT2D eigenvalue weighted by Crippen LogP contribution is 2.22. The predicted molar refractivity (Wildman–Crippen MR) is 80.7 cm³/mol. The van der Waals surface area contributed by atoms with Gasteiger partial charge < -0.3 is 10.2 Å². The molecule has 5 heteroatoms. The van der Waals surface area contributed by atoms with Crippen LogP contribution < -0.4 is 5.32 Å². The van der Waals surface area contributed by atoms with Crippen LogP contribution in [0.3, 0.4) is 0 Å². The van der Waals surface area contributed by atoms with E-state index in [1.54, 1.807) is 6.92 Å². The number of alkyl halides is 1. The standard InChI is InChI=1S/C14H28ClN3O/c1-11(15)13(19)16-10-14(2,3)18-8-6-12(7-9-18)17(4)5/h11-12H,6-10H2,1-5H3,(H,16,19). The molecule has 19 heavy (non-hydrogen) atoms. The summed E-state index contributed by atoms with van der Waals surface area (Å²) in [5, 5.41) is 2.47. The van der Waals surface area contributed by atoms with E-state index >= 15 is 0 Å². The number of likely N-dealkylation sites (tertiary alicyclic amines) is 1. The molecule has 0 spiro atoms. The topological polar surface area (TPSA) is 35.6 Å². The third-order valence-electron chi connectivity index (χ3n) is 4.11. The van der Waals surface area contributed by atoms with Crippen molar-refractivity contribution in [3.05, 3.63) is 0 Å². The van der Waals surface area contributed by atoms with Gasteiger partial charge in [0.05, 0.1) is 0 Å². The lowest BCUT2D eigenvalue weighted by Crippen LogP contribution is -2.56. The molecule has 1 fully saturated rings. The first kappa shape index (κ1) is 16.7. The van der Waals surface area contributed by atoms with Gasteiger partial charge in [0.25, 0.3) is 0 Å². The van der Waals surface area contributed by atoms with E-state index in [9.17, 15) is 4.79 Å². The normalized spacial score (nSPS) is 20.6. The van der Waals surface area contributed by atoms with Gasteiger partial charge in [-0.05, 0) is 47.7 Å². The average molecular weight is 290 g/mol. The summed E-state index contributed by atoms with van der Waals surface area (Å²) in [5.41, 5.74) is -0.0152. The average Bonchev–Trinajstić information content (AvgIpc) is 2.36. The molecule has 1 N–H and O–H groups in total. The largest absolute Gasteiger partial charge is 0.353 e. The van der Waals surface area contributed by atoms with Crippen LogP contribution in [-0.2, 0) is 4.79 Å². The maximum Gasteiger partial charge on any atom is 0.237 e. The summed E-state index contributed by atoms with van der Waals surface area (Å²) in [6.07, 6.45) is 2.38. The summed E-state index contributed by atoms with van der Waals surface area (Å²) < 4.78 is 0. The minimum absolute atomic E-state index is 0.0152. The van der Waals surface area contributed by atoms with Gasteiger partial charge in [-0.3, -0.25) is 9.69 Å². The van der Waals surface area contributed by atoms with E-state index in [0.717, 1.165) is 13.1 Å². The van der Waals surface area contributed by atoms with Gasteiger partial charge in [-0.15, -0.1) is 11.6 Å². The highest BCUT2D eigenvalue weighted by molar-refractivity contribution is 6.30. The number of carbonyl (C=O) groups excluding carboxylic acids is 1. The van der Waals surface area contributed by atoms with Crippen molar-refractivity contribution in [1.29, 1.82) is 0 Å². The molecule has 4 nitrogen and oxygen atoms in total. The Hall–Kier alpha value is -0.320. The quantitative estimate of drug-likeness (QED) is 0.780. The molecule has 0 aromatic carbocycles. The van der Waals surface area contributed by atoms with Gasteiger partial charge in [0.1, 0.15) is 5.38 Å². The van der Waals surface area contributed by atoms with E-state index in [1.165, 1.54) is 12.8 Å². The van der Waals surface area contributed by atoms with Crippen LogP contribution in [0.2, 0.25) is 0 Å². The Labute approximate surface area is 122 Å². The molecule has 0 aliphatic carbocycles. The van der Waals surface area contributed by atoms with E-state index in [0.29, 0.717) is 12.6 Å². The molecule has 0 bridgehead atoms. The number of halogens is 1. The maximum absolute atomic E-state index is 11.5. The van der Waals surface area contributed by atoms with Gasteiger partial charge in [-0.2, -0.15) is 0 Å². The van der Waals surface area contributed by atoms with Crippen molar-refractivity contribution < 1.29 is 4.79 Å². The van der Waals surface area contributed by atoms with Crippen LogP contribution in [-0.4, -0.2) is 66.4 Å². The van der Waals surface area contributed by atoms with Gasteiger partial charge in [0.15, 0.2) is 0 Å². The molecule has 1 atom stereocenters. The first-order valence-corrected chi connectivity index (χ1v) is 7.51. The molecular formula is C14H28ClN3O. The Morgan fingerprint density at radius 1 is 1.42 bits per heavy atom. The summed E-state index contributed by atoms with van der Waals surface area (Å²) in [7, 11) is 4.29. The van der Waals surface area contributed by atoms with Crippen LogP contribution in [0.5, 0.6) is 0 Å². The van der Waals surface area contributed by atoms with Gasteiger partial charge in [0.2, 0.25) is 5.91 Å². The minimum atomic E-state index is -0.463. The second kappa shape index (κ2) is 6.91. The Bertz CT molecular complexity index is 297. The van der Waals surface area contributed by atoms with E-state index in [4.69, 9.17) is 11.6 Å². The number of rotatable bonds is 5. The van der Waals surface area contributed by atoms with E-state index in [2.05, 4.69) is 43.1 Å². The summed E-state index contributed by atoms with van der Waals surface area (Å²) in [6.45, 7) is 8.89. The van der Waals surface area contributed by atoms with Crippen LogP contribution in [0.15, 0.2) is 0 Å². The van der Waals surface area contributed by atoms with E-state index < -0.39 is 5.38 Å². The number of nitrogens with one attached hydrogen (secondary N) is 1. The Kier molecular flexibility index (Phi) is 6.09. The molecule has 1 amide bonds. The molecule has 0 aromatic heterocycles. The predicted octanol–water partition coefficient (Wildman–Crippen LogP) is 1.53. The zero-order valence-corrected chi connectivity index (χ0v) is 13.6. The van der Waals surface area contributed by atoms with Gasteiger partial charge in [-0.1, -0.05) is 0 Å². The number of hydrogen-bond acceptors (Lipinski definition) is 3.